The van der Waals surface area contributed by atoms with Gasteiger partial charge in [-0.2, -0.15) is 5.10 Å². The van der Waals surface area contributed by atoms with E-state index in [0.29, 0.717) is 0 Å². The van der Waals surface area contributed by atoms with E-state index in [2.05, 4.69) is 15.5 Å². The van der Waals surface area contributed by atoms with Gasteiger partial charge in [-0.25, -0.2) is 10.4 Å². The molecule has 0 saturated heterocycles. The van der Waals surface area contributed by atoms with Gasteiger partial charge in [0.15, 0.2) is 5.16 Å². The highest BCUT2D eigenvalue weighted by molar-refractivity contribution is 7.99. The van der Waals surface area contributed by atoms with Crippen molar-refractivity contribution >= 4 is 34.4 Å². The number of nitrogens with zero attached hydrogens (tertiary/aromatic N) is 3. The van der Waals surface area contributed by atoms with Crippen molar-refractivity contribution in [3.8, 4) is 11.5 Å². The Kier molecular flexibility index (Phi) is 6.20. The Morgan fingerprint density at radius 2 is 1.82 bits per heavy atom. The molecule has 1 N–H and O–H groups in total. The molecule has 1 heterocycles. The Bertz CT molecular complexity index is 1010. The SMILES string of the molecule is COc1ccc(/C(C)=N\NC(=O)CSc2nc3cc(OC)ccc3n2C)cc1. The van der Waals surface area contributed by atoms with Gasteiger partial charge >= 0.3 is 0 Å². The second-order valence-electron chi connectivity index (χ2n) is 6.06. The number of benzene rings is 2. The van der Waals surface area contributed by atoms with E-state index in [1.54, 1.807) is 14.2 Å². The van der Waals surface area contributed by atoms with Crippen LogP contribution in [0.25, 0.3) is 11.0 Å². The van der Waals surface area contributed by atoms with Crippen LogP contribution in [0.2, 0.25) is 0 Å². The number of amides is 1. The second kappa shape index (κ2) is 8.79. The molecule has 3 aromatic rings. The normalized spacial score (nSPS) is 11.5. The van der Waals surface area contributed by atoms with Crippen molar-refractivity contribution in [2.75, 3.05) is 20.0 Å². The van der Waals surface area contributed by atoms with E-state index in [1.165, 1.54) is 11.8 Å². The zero-order valence-corrected chi connectivity index (χ0v) is 17.0. The summed E-state index contributed by atoms with van der Waals surface area (Å²) in [5.41, 5.74) is 6.04. The van der Waals surface area contributed by atoms with Crippen LogP contribution in [0.1, 0.15) is 12.5 Å². The second-order valence-corrected chi connectivity index (χ2v) is 7.00. The molecule has 1 amide bonds. The number of aryl methyl sites for hydroxylation is 1. The highest BCUT2D eigenvalue weighted by Gasteiger charge is 2.11. The maximum absolute atomic E-state index is 12.2. The van der Waals surface area contributed by atoms with Crippen LogP contribution in [-0.2, 0) is 11.8 Å². The number of rotatable bonds is 7. The first kappa shape index (κ1) is 19.8. The molecule has 1 aromatic heterocycles. The average Bonchev–Trinajstić information content (AvgIpc) is 3.05. The molecule has 146 valence electrons. The van der Waals surface area contributed by atoms with Gasteiger partial charge < -0.3 is 14.0 Å². The van der Waals surface area contributed by atoms with Gasteiger partial charge in [0.1, 0.15) is 11.5 Å². The Morgan fingerprint density at radius 3 is 2.50 bits per heavy atom. The van der Waals surface area contributed by atoms with Crippen LogP contribution in [0.15, 0.2) is 52.7 Å². The van der Waals surface area contributed by atoms with Gasteiger partial charge in [-0.1, -0.05) is 11.8 Å². The van der Waals surface area contributed by atoms with Crippen molar-refractivity contribution in [1.82, 2.24) is 15.0 Å². The lowest BCUT2D eigenvalue weighted by Gasteiger charge is -2.05. The van der Waals surface area contributed by atoms with Crippen molar-refractivity contribution < 1.29 is 14.3 Å². The summed E-state index contributed by atoms with van der Waals surface area (Å²) in [5, 5.41) is 4.93. The zero-order chi connectivity index (χ0) is 20.1. The molecule has 0 unspecified atom stereocenters. The van der Waals surface area contributed by atoms with Crippen LogP contribution in [0.3, 0.4) is 0 Å². The van der Waals surface area contributed by atoms with Crippen molar-refractivity contribution in [3.05, 3.63) is 48.0 Å². The smallest absolute Gasteiger partial charge is 0.250 e. The van der Waals surface area contributed by atoms with Crippen LogP contribution < -0.4 is 14.9 Å². The van der Waals surface area contributed by atoms with E-state index in [-0.39, 0.29) is 11.7 Å². The van der Waals surface area contributed by atoms with Crippen LogP contribution in [0.5, 0.6) is 11.5 Å². The van der Waals surface area contributed by atoms with Crippen molar-refractivity contribution in [2.24, 2.45) is 12.1 Å². The maximum Gasteiger partial charge on any atom is 0.250 e. The zero-order valence-electron chi connectivity index (χ0n) is 16.2. The van der Waals surface area contributed by atoms with E-state index in [1.807, 2.05) is 61.0 Å². The van der Waals surface area contributed by atoms with Gasteiger partial charge in [0.25, 0.3) is 5.91 Å². The standard InChI is InChI=1S/C20H22N4O3S/c1-13(14-5-7-15(26-3)8-6-14)22-23-19(25)12-28-20-21-17-11-16(27-4)9-10-18(17)24(20)2/h5-11H,12H2,1-4H3,(H,23,25)/b22-13-. The molecule has 0 saturated carbocycles. The quantitative estimate of drug-likeness (QED) is 0.376. The van der Waals surface area contributed by atoms with E-state index >= 15 is 0 Å². The molecular weight excluding hydrogens is 376 g/mol. The monoisotopic (exact) mass is 398 g/mol. The fourth-order valence-corrected chi connectivity index (χ4v) is 3.40. The number of fused-ring (bicyclic) bond motifs is 1. The molecule has 7 nitrogen and oxygen atoms in total. The summed E-state index contributed by atoms with van der Waals surface area (Å²) in [4.78, 5) is 16.7. The lowest BCUT2D eigenvalue weighted by atomic mass is 10.1. The molecule has 0 fully saturated rings. The lowest BCUT2D eigenvalue weighted by molar-refractivity contribution is -0.118. The van der Waals surface area contributed by atoms with Crippen molar-refractivity contribution in [3.63, 3.8) is 0 Å². The summed E-state index contributed by atoms with van der Waals surface area (Å²) in [6.45, 7) is 1.84. The Labute approximate surface area is 167 Å². The first-order chi connectivity index (χ1) is 13.5. The van der Waals surface area contributed by atoms with E-state index in [4.69, 9.17) is 9.47 Å². The number of thioether (sulfide) groups is 1. The number of carbonyl (C=O) groups excluding carboxylic acids is 1. The average molecular weight is 398 g/mol. The van der Waals surface area contributed by atoms with E-state index in [0.717, 1.165) is 39.0 Å². The van der Waals surface area contributed by atoms with Crippen molar-refractivity contribution in [2.45, 2.75) is 12.1 Å². The Balaban J connectivity index is 1.60. The molecule has 0 bridgehead atoms. The molecule has 2 aromatic carbocycles. The van der Waals surface area contributed by atoms with Gasteiger partial charge in [-0.3, -0.25) is 4.79 Å². The topological polar surface area (TPSA) is 77.7 Å². The number of ether oxygens (including phenoxy) is 2. The summed E-state index contributed by atoms with van der Waals surface area (Å²) in [6.07, 6.45) is 0. The van der Waals surface area contributed by atoms with Gasteiger partial charge in [-0.15, -0.1) is 0 Å². The molecule has 3 rings (SSSR count). The van der Waals surface area contributed by atoms with Gasteiger partial charge in [0.2, 0.25) is 0 Å². The number of hydrogen-bond donors (Lipinski definition) is 1. The molecule has 0 aliphatic heterocycles. The van der Waals surface area contributed by atoms with Gasteiger partial charge in [0.05, 0.1) is 36.7 Å². The number of imidazole rings is 1. The first-order valence-corrected chi connectivity index (χ1v) is 9.61. The van der Waals surface area contributed by atoms with Gasteiger partial charge in [0, 0.05) is 13.1 Å². The molecule has 0 radical (unpaired) electrons. The molecule has 0 spiro atoms. The molecule has 0 aliphatic rings. The lowest BCUT2D eigenvalue weighted by Crippen LogP contribution is -2.21. The van der Waals surface area contributed by atoms with Crippen LogP contribution in [0.4, 0.5) is 0 Å². The fraction of sp³-hybridized carbons (Fsp3) is 0.250. The third-order valence-corrected chi connectivity index (χ3v) is 5.27. The minimum atomic E-state index is -0.192. The number of aromatic nitrogens is 2. The number of nitrogens with one attached hydrogen (secondary N) is 1. The number of hydrogen-bond acceptors (Lipinski definition) is 6. The fourth-order valence-electron chi connectivity index (χ4n) is 2.62. The Morgan fingerprint density at radius 1 is 1.14 bits per heavy atom. The Hall–Kier alpha value is -3.00. The predicted octanol–water partition coefficient (Wildman–Crippen LogP) is 3.22. The number of hydrazone groups is 1. The van der Waals surface area contributed by atoms with Crippen LogP contribution in [-0.4, -0.2) is 41.1 Å². The summed E-state index contributed by atoms with van der Waals surface area (Å²) in [6, 6.07) is 13.2. The summed E-state index contributed by atoms with van der Waals surface area (Å²) in [7, 11) is 5.17. The highest BCUT2D eigenvalue weighted by Crippen LogP contribution is 2.25. The number of methoxy groups -OCH3 is 2. The highest BCUT2D eigenvalue weighted by atomic mass is 32.2. The third kappa shape index (κ3) is 4.45. The molecule has 0 aliphatic carbocycles. The summed E-state index contributed by atoms with van der Waals surface area (Å²) in [5.74, 6) is 1.55. The summed E-state index contributed by atoms with van der Waals surface area (Å²) < 4.78 is 12.3. The van der Waals surface area contributed by atoms with Crippen LogP contribution >= 0.6 is 11.8 Å². The molecule has 0 atom stereocenters. The van der Waals surface area contributed by atoms with Crippen molar-refractivity contribution in [1.29, 1.82) is 0 Å². The van der Waals surface area contributed by atoms with Crippen LogP contribution in [0, 0.1) is 0 Å². The maximum atomic E-state index is 12.2. The van der Waals surface area contributed by atoms with E-state index < -0.39 is 0 Å². The molecule has 8 heteroatoms. The number of carbonyl (C=O) groups is 1. The largest absolute Gasteiger partial charge is 0.497 e. The molecular formula is C20H22N4O3S. The summed E-state index contributed by atoms with van der Waals surface area (Å²) >= 11 is 1.36. The minimum Gasteiger partial charge on any atom is -0.497 e. The predicted molar refractivity (Wildman–Crippen MR) is 111 cm³/mol. The minimum absolute atomic E-state index is 0.192. The van der Waals surface area contributed by atoms with Gasteiger partial charge in [-0.05, 0) is 48.9 Å². The first-order valence-electron chi connectivity index (χ1n) is 8.62. The van der Waals surface area contributed by atoms with E-state index in [9.17, 15) is 4.79 Å². The molecule has 28 heavy (non-hydrogen) atoms. The third-order valence-electron chi connectivity index (χ3n) is 4.24.